The number of hydrogen-bond acceptors (Lipinski definition) is 6. The van der Waals surface area contributed by atoms with Gasteiger partial charge < -0.3 is 20.9 Å². The van der Waals surface area contributed by atoms with Gasteiger partial charge >= 0.3 is 0 Å². The average Bonchev–Trinajstić information content (AvgIpc) is 3.26. The van der Waals surface area contributed by atoms with Gasteiger partial charge in [-0.15, -0.1) is 0 Å². The van der Waals surface area contributed by atoms with E-state index in [-0.39, 0.29) is 30.2 Å². The largest absolute Gasteiger partial charge is 0.353 e. The minimum atomic E-state index is -0.652. The molecule has 0 spiro atoms. The lowest BCUT2D eigenvalue weighted by molar-refractivity contribution is -0.129. The van der Waals surface area contributed by atoms with Crippen molar-refractivity contribution in [2.24, 2.45) is 11.8 Å². The summed E-state index contributed by atoms with van der Waals surface area (Å²) in [5.41, 5.74) is 0.822. The molecule has 0 radical (unpaired) electrons. The molecule has 10 heteroatoms. The Labute approximate surface area is 226 Å². The van der Waals surface area contributed by atoms with E-state index in [1.54, 1.807) is 4.68 Å². The van der Waals surface area contributed by atoms with Crippen molar-refractivity contribution < 1.29 is 14.4 Å². The first-order chi connectivity index (χ1) is 18.1. The Hall–Kier alpha value is -3.27. The van der Waals surface area contributed by atoms with Crippen molar-refractivity contribution in [3.63, 3.8) is 0 Å². The van der Waals surface area contributed by atoms with E-state index in [0.717, 1.165) is 18.7 Å². The summed E-state index contributed by atoms with van der Waals surface area (Å²) >= 11 is 0. The molecule has 0 fully saturated rings. The van der Waals surface area contributed by atoms with E-state index in [2.05, 4.69) is 39.8 Å². The highest BCUT2D eigenvalue weighted by Gasteiger charge is 2.26. The zero-order valence-corrected chi connectivity index (χ0v) is 23.4. The maximum absolute atomic E-state index is 13.3. The minimum Gasteiger partial charge on any atom is -0.353 e. The molecule has 208 valence electrons. The Bertz CT molecular complexity index is 1070. The predicted molar refractivity (Wildman–Crippen MR) is 147 cm³/mol. The number of carbonyl (C=O) groups is 3. The summed E-state index contributed by atoms with van der Waals surface area (Å²) in [6.45, 7) is 13.0. The van der Waals surface area contributed by atoms with Gasteiger partial charge in [-0.25, -0.2) is 9.67 Å². The molecule has 1 aliphatic heterocycles. The molecule has 1 aliphatic rings. The second kappa shape index (κ2) is 14.0. The van der Waals surface area contributed by atoms with E-state index in [4.69, 9.17) is 4.98 Å². The molecule has 0 saturated heterocycles. The van der Waals surface area contributed by atoms with Gasteiger partial charge in [0.2, 0.25) is 17.7 Å². The van der Waals surface area contributed by atoms with Crippen LogP contribution in [-0.4, -0.2) is 69.6 Å². The fourth-order valence-electron chi connectivity index (χ4n) is 4.67. The number of aromatic nitrogens is 3. The molecular weight excluding hydrogens is 482 g/mol. The third-order valence-electron chi connectivity index (χ3n) is 6.38. The lowest BCUT2D eigenvalue weighted by Gasteiger charge is -2.24. The van der Waals surface area contributed by atoms with E-state index in [1.807, 2.05) is 51.1 Å². The number of hydrogen-bond donors (Lipinski definition) is 3. The first kappa shape index (κ1) is 29.3. The molecule has 2 atom stereocenters. The molecule has 1 aromatic carbocycles. The van der Waals surface area contributed by atoms with Crippen molar-refractivity contribution in [1.29, 1.82) is 0 Å². The zero-order chi connectivity index (χ0) is 27.7. The molecule has 0 saturated carbocycles. The van der Waals surface area contributed by atoms with Gasteiger partial charge in [0.15, 0.2) is 5.82 Å². The maximum Gasteiger partial charge on any atom is 0.243 e. The van der Waals surface area contributed by atoms with Crippen molar-refractivity contribution in [2.45, 2.75) is 72.5 Å². The molecule has 38 heavy (non-hydrogen) atoms. The highest BCUT2D eigenvalue weighted by molar-refractivity contribution is 5.87. The first-order valence-electron chi connectivity index (χ1n) is 13.7. The number of carbonyl (C=O) groups excluding carboxylic acids is 3. The first-order valence-corrected chi connectivity index (χ1v) is 13.7. The van der Waals surface area contributed by atoms with Crippen LogP contribution in [-0.2, 0) is 20.9 Å². The number of nitrogens with zero attached hydrogens (tertiary/aromatic N) is 4. The van der Waals surface area contributed by atoms with Crippen LogP contribution in [0, 0.1) is 11.8 Å². The smallest absolute Gasteiger partial charge is 0.243 e. The van der Waals surface area contributed by atoms with Crippen molar-refractivity contribution in [2.75, 3.05) is 26.2 Å². The van der Waals surface area contributed by atoms with Crippen LogP contribution in [0.15, 0.2) is 30.3 Å². The van der Waals surface area contributed by atoms with Crippen LogP contribution >= 0.6 is 0 Å². The summed E-state index contributed by atoms with van der Waals surface area (Å²) in [5.74, 6) is 1.07. The van der Waals surface area contributed by atoms with E-state index >= 15 is 0 Å². The SMILES string of the molecule is CC(C)C[C@H]1NC(=O)CCCN(CC(C)C)CCNC(=O)Cn2nc(-c3ccccc3)nc2[C@H](C)NC1=O. The van der Waals surface area contributed by atoms with Gasteiger partial charge in [-0.2, -0.15) is 5.10 Å². The van der Waals surface area contributed by atoms with Gasteiger partial charge in [0.05, 0.1) is 6.04 Å². The van der Waals surface area contributed by atoms with Crippen LogP contribution in [0.3, 0.4) is 0 Å². The third kappa shape index (κ3) is 8.93. The Morgan fingerprint density at radius 3 is 2.39 bits per heavy atom. The topological polar surface area (TPSA) is 121 Å². The van der Waals surface area contributed by atoms with Gasteiger partial charge in [0.1, 0.15) is 18.4 Å². The van der Waals surface area contributed by atoms with Gasteiger partial charge in [-0.1, -0.05) is 58.0 Å². The van der Waals surface area contributed by atoms with Crippen LogP contribution in [0.5, 0.6) is 0 Å². The Balaban J connectivity index is 1.90. The van der Waals surface area contributed by atoms with E-state index in [0.29, 0.717) is 49.9 Å². The quantitative estimate of drug-likeness (QED) is 0.552. The highest BCUT2D eigenvalue weighted by Crippen LogP contribution is 2.19. The summed E-state index contributed by atoms with van der Waals surface area (Å²) in [5, 5.41) is 13.6. The summed E-state index contributed by atoms with van der Waals surface area (Å²) in [4.78, 5) is 46.0. The van der Waals surface area contributed by atoms with E-state index in [1.165, 1.54) is 0 Å². The van der Waals surface area contributed by atoms with Crippen molar-refractivity contribution in [1.82, 2.24) is 35.6 Å². The number of amides is 3. The molecule has 2 heterocycles. The fraction of sp³-hybridized carbons (Fsp3) is 0.607. The monoisotopic (exact) mass is 525 g/mol. The van der Waals surface area contributed by atoms with Crippen molar-refractivity contribution in [3.05, 3.63) is 36.2 Å². The molecule has 0 unspecified atom stereocenters. The molecular formula is C28H43N7O3. The van der Waals surface area contributed by atoms with Crippen LogP contribution in [0.1, 0.15) is 65.7 Å². The molecule has 2 aromatic rings. The second-order valence-electron chi connectivity index (χ2n) is 10.9. The molecule has 3 amide bonds. The Kier molecular flexibility index (Phi) is 10.8. The Morgan fingerprint density at radius 2 is 1.71 bits per heavy atom. The Morgan fingerprint density at radius 1 is 0.974 bits per heavy atom. The predicted octanol–water partition coefficient (Wildman–Crippen LogP) is 2.52. The molecule has 3 rings (SSSR count). The van der Waals surface area contributed by atoms with Gasteiger partial charge in [0.25, 0.3) is 0 Å². The zero-order valence-electron chi connectivity index (χ0n) is 23.4. The standard InChI is InChI=1S/C28H43N7O3/c1-19(2)16-23-28(38)30-21(5)27-32-26(22-10-7-6-8-11-22)33-35(27)18-25(37)29-13-15-34(17-20(3)4)14-9-12-24(36)31-23/h6-8,10-11,19-21,23H,9,12-18H2,1-5H3,(H,29,37)(H,30,38)(H,31,36)/t21-,23+/m0/s1. The van der Waals surface area contributed by atoms with Crippen molar-refractivity contribution >= 4 is 17.7 Å². The van der Waals surface area contributed by atoms with E-state index in [9.17, 15) is 14.4 Å². The third-order valence-corrected chi connectivity index (χ3v) is 6.38. The van der Waals surface area contributed by atoms with Gasteiger partial charge in [-0.3, -0.25) is 14.4 Å². The molecule has 1 aromatic heterocycles. The summed E-state index contributed by atoms with van der Waals surface area (Å²) in [7, 11) is 0. The summed E-state index contributed by atoms with van der Waals surface area (Å²) in [6.07, 6.45) is 1.54. The molecule has 10 nitrogen and oxygen atoms in total. The highest BCUT2D eigenvalue weighted by atomic mass is 16.2. The number of benzene rings is 1. The van der Waals surface area contributed by atoms with E-state index < -0.39 is 12.1 Å². The lowest BCUT2D eigenvalue weighted by Crippen LogP contribution is -2.48. The number of nitrogens with one attached hydrogen (secondary N) is 3. The minimum absolute atomic E-state index is 0.00822. The van der Waals surface area contributed by atoms with Crippen LogP contribution in [0.25, 0.3) is 11.4 Å². The van der Waals surface area contributed by atoms with Crippen LogP contribution in [0.4, 0.5) is 0 Å². The van der Waals surface area contributed by atoms with Crippen LogP contribution in [0.2, 0.25) is 0 Å². The lowest BCUT2D eigenvalue weighted by atomic mass is 10.0. The summed E-state index contributed by atoms with van der Waals surface area (Å²) in [6, 6.07) is 8.35. The fourth-order valence-corrected chi connectivity index (χ4v) is 4.67. The van der Waals surface area contributed by atoms with Crippen molar-refractivity contribution in [3.8, 4) is 11.4 Å². The van der Waals surface area contributed by atoms with Gasteiger partial charge in [0, 0.05) is 31.6 Å². The second-order valence-corrected chi connectivity index (χ2v) is 10.9. The molecule has 0 bridgehead atoms. The summed E-state index contributed by atoms with van der Waals surface area (Å²) < 4.78 is 1.56. The number of fused-ring (bicyclic) bond motifs is 1. The van der Waals surface area contributed by atoms with Gasteiger partial charge in [-0.05, 0) is 38.1 Å². The van der Waals surface area contributed by atoms with Crippen LogP contribution < -0.4 is 16.0 Å². The molecule has 0 aliphatic carbocycles. The maximum atomic E-state index is 13.3. The number of rotatable bonds is 5. The average molecular weight is 526 g/mol. The molecule has 3 N–H and O–H groups in total. The normalized spacial score (nSPS) is 21.0.